The molecule has 0 fully saturated rings. The van der Waals surface area contributed by atoms with Gasteiger partial charge < -0.3 is 5.32 Å². The standard InChI is InChI=1S/C19H18FN3OS/c20-15-6-2-4-8-17(15)22-18(24)9-10-25-19-14(12-21)11-13-5-1-3-7-16(13)23-19/h2,4,6,8,11H,1,3,5,7,9-10H2,(H,22,24). The van der Waals surface area contributed by atoms with Crippen LogP contribution in [0.25, 0.3) is 0 Å². The number of nitriles is 1. The largest absolute Gasteiger partial charge is 0.324 e. The number of carbonyl (C=O) groups is 1. The third kappa shape index (κ3) is 4.37. The number of pyridine rings is 1. The molecule has 128 valence electrons. The van der Waals surface area contributed by atoms with E-state index in [4.69, 9.17) is 0 Å². The van der Waals surface area contributed by atoms with Crippen molar-refractivity contribution in [2.24, 2.45) is 0 Å². The summed E-state index contributed by atoms with van der Waals surface area (Å²) in [5, 5.41) is 12.6. The van der Waals surface area contributed by atoms with E-state index in [0.29, 0.717) is 16.3 Å². The van der Waals surface area contributed by atoms with Gasteiger partial charge in [-0.05, 0) is 49.4 Å². The molecule has 0 unspecified atom stereocenters. The Balaban J connectivity index is 1.59. The van der Waals surface area contributed by atoms with Gasteiger partial charge >= 0.3 is 0 Å². The fourth-order valence-corrected chi connectivity index (χ4v) is 3.74. The zero-order chi connectivity index (χ0) is 17.6. The Kier molecular flexibility index (Phi) is 5.67. The van der Waals surface area contributed by atoms with Crippen molar-refractivity contribution < 1.29 is 9.18 Å². The first kappa shape index (κ1) is 17.4. The molecular weight excluding hydrogens is 337 g/mol. The monoisotopic (exact) mass is 355 g/mol. The number of carbonyl (C=O) groups excluding carboxylic acids is 1. The maximum atomic E-state index is 13.5. The van der Waals surface area contributed by atoms with Crippen LogP contribution in [0.5, 0.6) is 0 Å². The van der Waals surface area contributed by atoms with Gasteiger partial charge in [0, 0.05) is 17.9 Å². The highest BCUT2D eigenvalue weighted by atomic mass is 32.2. The van der Waals surface area contributed by atoms with Crippen molar-refractivity contribution in [1.82, 2.24) is 4.98 Å². The second-order valence-electron chi connectivity index (χ2n) is 5.89. The highest BCUT2D eigenvalue weighted by Gasteiger charge is 2.16. The summed E-state index contributed by atoms with van der Waals surface area (Å²) in [6, 6.07) is 10.2. The van der Waals surface area contributed by atoms with Gasteiger partial charge in [-0.3, -0.25) is 4.79 Å². The van der Waals surface area contributed by atoms with Crippen molar-refractivity contribution in [3.63, 3.8) is 0 Å². The third-order valence-corrected chi connectivity index (χ3v) is 5.10. The summed E-state index contributed by atoms with van der Waals surface area (Å²) in [7, 11) is 0. The number of rotatable bonds is 5. The van der Waals surface area contributed by atoms with E-state index in [1.54, 1.807) is 12.1 Å². The lowest BCUT2D eigenvalue weighted by molar-refractivity contribution is -0.115. The summed E-state index contributed by atoms with van der Waals surface area (Å²) in [4.78, 5) is 16.6. The number of aryl methyl sites for hydroxylation is 2. The Labute approximate surface area is 150 Å². The van der Waals surface area contributed by atoms with Crippen LogP contribution in [0.4, 0.5) is 10.1 Å². The zero-order valence-electron chi connectivity index (χ0n) is 13.7. The molecule has 1 aliphatic carbocycles. The summed E-state index contributed by atoms with van der Waals surface area (Å²) < 4.78 is 13.5. The number of para-hydroxylation sites is 1. The van der Waals surface area contributed by atoms with E-state index in [1.807, 2.05) is 6.07 Å². The molecule has 0 spiro atoms. The van der Waals surface area contributed by atoms with Gasteiger partial charge in [0.15, 0.2) is 0 Å². The quantitative estimate of drug-likeness (QED) is 0.820. The first-order valence-corrected chi connectivity index (χ1v) is 9.26. The van der Waals surface area contributed by atoms with Gasteiger partial charge in [0.25, 0.3) is 0 Å². The molecule has 0 radical (unpaired) electrons. The number of hydrogen-bond acceptors (Lipinski definition) is 4. The maximum absolute atomic E-state index is 13.5. The highest BCUT2D eigenvalue weighted by molar-refractivity contribution is 7.99. The smallest absolute Gasteiger partial charge is 0.225 e. The number of nitrogens with zero attached hydrogens (tertiary/aromatic N) is 2. The van der Waals surface area contributed by atoms with Crippen molar-refractivity contribution in [3.05, 3.63) is 53.0 Å². The lowest BCUT2D eigenvalue weighted by Gasteiger charge is -2.16. The van der Waals surface area contributed by atoms with Gasteiger partial charge in [-0.15, -0.1) is 11.8 Å². The number of hydrogen-bond donors (Lipinski definition) is 1. The van der Waals surface area contributed by atoms with Gasteiger partial charge in [0.1, 0.15) is 16.9 Å². The van der Waals surface area contributed by atoms with Gasteiger partial charge in [-0.1, -0.05) is 12.1 Å². The summed E-state index contributed by atoms with van der Waals surface area (Å²) in [6.45, 7) is 0. The molecule has 0 atom stereocenters. The molecular formula is C19H18FN3OS. The van der Waals surface area contributed by atoms with Gasteiger partial charge in [0.05, 0.1) is 11.3 Å². The van der Waals surface area contributed by atoms with E-state index >= 15 is 0 Å². The van der Waals surface area contributed by atoms with Crippen LogP contribution in [0.2, 0.25) is 0 Å². The molecule has 1 aromatic carbocycles. The SMILES string of the molecule is N#Cc1cc2c(nc1SCCC(=O)Nc1ccccc1F)CCCC2. The van der Waals surface area contributed by atoms with Gasteiger partial charge in [-0.25, -0.2) is 9.37 Å². The molecule has 6 heteroatoms. The number of halogens is 1. The van der Waals surface area contributed by atoms with E-state index in [2.05, 4.69) is 16.4 Å². The molecule has 1 aromatic heterocycles. The van der Waals surface area contributed by atoms with Crippen LogP contribution >= 0.6 is 11.8 Å². The molecule has 25 heavy (non-hydrogen) atoms. The second-order valence-corrected chi connectivity index (χ2v) is 6.98. The van der Waals surface area contributed by atoms with Crippen LogP contribution in [-0.2, 0) is 17.6 Å². The lowest BCUT2D eigenvalue weighted by Crippen LogP contribution is -2.13. The summed E-state index contributed by atoms with van der Waals surface area (Å²) >= 11 is 1.40. The van der Waals surface area contributed by atoms with Crippen LogP contribution < -0.4 is 5.32 Å². The first-order valence-electron chi connectivity index (χ1n) is 8.27. The van der Waals surface area contributed by atoms with E-state index in [1.165, 1.54) is 29.5 Å². The normalized spacial score (nSPS) is 13.0. The molecule has 1 aliphatic rings. The van der Waals surface area contributed by atoms with E-state index < -0.39 is 5.82 Å². The molecule has 0 saturated carbocycles. The molecule has 0 aliphatic heterocycles. The predicted molar refractivity (Wildman–Crippen MR) is 96.0 cm³/mol. The van der Waals surface area contributed by atoms with Crippen molar-refractivity contribution in [2.75, 3.05) is 11.1 Å². The zero-order valence-corrected chi connectivity index (χ0v) is 14.5. The fourth-order valence-electron chi connectivity index (χ4n) is 2.82. The molecule has 0 bridgehead atoms. The number of aromatic nitrogens is 1. The molecule has 4 nitrogen and oxygen atoms in total. The van der Waals surface area contributed by atoms with Crippen LogP contribution in [-0.4, -0.2) is 16.6 Å². The second kappa shape index (κ2) is 8.13. The third-order valence-electron chi connectivity index (χ3n) is 4.10. The van der Waals surface area contributed by atoms with Gasteiger partial charge in [-0.2, -0.15) is 5.26 Å². The molecule has 1 amide bonds. The highest BCUT2D eigenvalue weighted by Crippen LogP contribution is 2.27. The van der Waals surface area contributed by atoms with Crippen molar-refractivity contribution in [1.29, 1.82) is 5.26 Å². The number of anilines is 1. The molecule has 3 rings (SSSR count). The van der Waals surface area contributed by atoms with Crippen LogP contribution in [0.3, 0.4) is 0 Å². The number of amides is 1. The Morgan fingerprint density at radius 1 is 1.32 bits per heavy atom. The fraction of sp³-hybridized carbons (Fsp3) is 0.316. The van der Waals surface area contributed by atoms with E-state index in [9.17, 15) is 14.4 Å². The number of thioether (sulfide) groups is 1. The van der Waals surface area contributed by atoms with Crippen molar-refractivity contribution in [2.45, 2.75) is 37.1 Å². The predicted octanol–water partition coefficient (Wildman–Crippen LogP) is 4.09. The summed E-state index contributed by atoms with van der Waals surface area (Å²) in [6.07, 6.45) is 4.42. The molecule has 1 N–H and O–H groups in total. The Morgan fingerprint density at radius 2 is 2.12 bits per heavy atom. The molecule has 1 heterocycles. The Morgan fingerprint density at radius 3 is 2.92 bits per heavy atom. The average molecular weight is 355 g/mol. The minimum Gasteiger partial charge on any atom is -0.324 e. The summed E-state index contributed by atoms with van der Waals surface area (Å²) in [5.74, 6) is -0.221. The Hall–Kier alpha value is -2.39. The molecule has 0 saturated heterocycles. The number of fused-ring (bicyclic) bond motifs is 1. The van der Waals surface area contributed by atoms with Crippen LogP contribution in [0.1, 0.15) is 36.1 Å². The summed E-state index contributed by atoms with van der Waals surface area (Å²) in [5.41, 5.74) is 3.00. The molecule has 2 aromatic rings. The Bertz CT molecular complexity index is 832. The first-order chi connectivity index (χ1) is 12.2. The van der Waals surface area contributed by atoms with Crippen molar-refractivity contribution >= 4 is 23.4 Å². The maximum Gasteiger partial charge on any atom is 0.225 e. The number of benzene rings is 1. The average Bonchev–Trinajstić information content (AvgIpc) is 2.63. The van der Waals surface area contributed by atoms with Crippen LogP contribution in [0, 0.1) is 17.1 Å². The topological polar surface area (TPSA) is 65.8 Å². The number of nitrogens with one attached hydrogen (secondary N) is 1. The minimum atomic E-state index is -0.452. The van der Waals surface area contributed by atoms with Gasteiger partial charge in [0.2, 0.25) is 5.91 Å². The van der Waals surface area contributed by atoms with E-state index in [-0.39, 0.29) is 18.0 Å². The lowest BCUT2D eigenvalue weighted by atomic mass is 9.95. The minimum absolute atomic E-state index is 0.183. The van der Waals surface area contributed by atoms with E-state index in [0.717, 1.165) is 31.4 Å². The van der Waals surface area contributed by atoms with Crippen LogP contribution in [0.15, 0.2) is 35.4 Å². The van der Waals surface area contributed by atoms with Crippen molar-refractivity contribution in [3.8, 4) is 6.07 Å².